The van der Waals surface area contributed by atoms with Crippen LogP contribution in [0.3, 0.4) is 0 Å². The molecule has 0 aliphatic rings. The molecule has 0 aliphatic heterocycles. The molecule has 17 heavy (non-hydrogen) atoms. The maximum Gasteiger partial charge on any atom is 0.212 e. The summed E-state index contributed by atoms with van der Waals surface area (Å²) in [7, 11) is 2.11. The maximum absolute atomic E-state index is 2.22. The van der Waals surface area contributed by atoms with Gasteiger partial charge in [-0.2, -0.15) is 0 Å². The molecule has 1 aromatic carbocycles. The average molecular weight is 226 g/mol. The standard InChI is InChI=1S/C16H20N/c1-11-6-9-16(17(5)10-11)15-8-7-12(2)13(3)14(15)4/h6-10H,1-5H3/q+1. The Morgan fingerprint density at radius 1 is 0.824 bits per heavy atom. The number of pyridine rings is 1. The number of hydrogen-bond acceptors (Lipinski definition) is 0. The van der Waals surface area contributed by atoms with Crippen molar-refractivity contribution in [2.24, 2.45) is 7.05 Å². The minimum atomic E-state index is 1.27. The molecule has 0 spiro atoms. The van der Waals surface area contributed by atoms with Crippen molar-refractivity contribution in [2.45, 2.75) is 27.7 Å². The molecular formula is C16H20N+. The number of hydrogen-bond donors (Lipinski definition) is 0. The summed E-state index contributed by atoms with van der Waals surface area (Å²) in [5.74, 6) is 0. The van der Waals surface area contributed by atoms with E-state index in [0.717, 1.165) is 0 Å². The molecule has 0 N–H and O–H groups in total. The van der Waals surface area contributed by atoms with E-state index in [2.05, 4.69) is 69.8 Å². The summed E-state index contributed by atoms with van der Waals surface area (Å²) in [5, 5.41) is 0. The van der Waals surface area contributed by atoms with E-state index in [-0.39, 0.29) is 0 Å². The summed E-state index contributed by atoms with van der Waals surface area (Å²) in [5.41, 5.74) is 8.03. The van der Waals surface area contributed by atoms with Gasteiger partial charge in [-0.3, -0.25) is 0 Å². The van der Waals surface area contributed by atoms with Crippen LogP contribution in [0.25, 0.3) is 11.3 Å². The summed E-state index contributed by atoms with van der Waals surface area (Å²) in [6.45, 7) is 8.69. The fourth-order valence-electron chi connectivity index (χ4n) is 2.26. The second-order valence-corrected chi connectivity index (χ2v) is 4.88. The third kappa shape index (κ3) is 2.10. The number of nitrogens with zero attached hydrogens (tertiary/aromatic N) is 1. The minimum absolute atomic E-state index is 1.27. The van der Waals surface area contributed by atoms with Gasteiger partial charge in [-0.1, -0.05) is 6.07 Å². The fourth-order valence-corrected chi connectivity index (χ4v) is 2.26. The molecule has 0 fully saturated rings. The van der Waals surface area contributed by atoms with Crippen LogP contribution in [0.1, 0.15) is 22.3 Å². The molecule has 1 heterocycles. The van der Waals surface area contributed by atoms with Crippen LogP contribution in [0.2, 0.25) is 0 Å². The van der Waals surface area contributed by atoms with Crippen molar-refractivity contribution in [1.29, 1.82) is 0 Å². The lowest BCUT2D eigenvalue weighted by Gasteiger charge is -2.10. The molecule has 2 rings (SSSR count). The molecule has 0 amide bonds. The molecule has 0 aliphatic carbocycles. The molecule has 1 heteroatoms. The van der Waals surface area contributed by atoms with Crippen LogP contribution in [-0.4, -0.2) is 0 Å². The molecule has 0 atom stereocenters. The Labute approximate surface area is 104 Å². The van der Waals surface area contributed by atoms with Crippen molar-refractivity contribution in [1.82, 2.24) is 0 Å². The van der Waals surface area contributed by atoms with E-state index < -0.39 is 0 Å². The quantitative estimate of drug-likeness (QED) is 0.656. The lowest BCUT2D eigenvalue weighted by atomic mass is 9.96. The van der Waals surface area contributed by atoms with E-state index in [4.69, 9.17) is 0 Å². The number of rotatable bonds is 1. The van der Waals surface area contributed by atoms with E-state index in [1.165, 1.54) is 33.5 Å². The number of benzene rings is 1. The number of aryl methyl sites for hydroxylation is 3. The van der Waals surface area contributed by atoms with Crippen LogP contribution in [-0.2, 0) is 7.05 Å². The van der Waals surface area contributed by atoms with Crippen LogP contribution < -0.4 is 4.57 Å². The van der Waals surface area contributed by atoms with E-state index in [1.807, 2.05) is 0 Å². The summed E-state index contributed by atoms with van der Waals surface area (Å²) < 4.78 is 2.20. The van der Waals surface area contributed by atoms with Crippen molar-refractivity contribution < 1.29 is 4.57 Å². The van der Waals surface area contributed by atoms with Crippen LogP contribution in [0.15, 0.2) is 30.5 Å². The molecule has 1 nitrogen and oxygen atoms in total. The Kier molecular flexibility index (Phi) is 3.01. The molecule has 0 saturated carbocycles. The second kappa shape index (κ2) is 4.33. The van der Waals surface area contributed by atoms with Gasteiger partial charge in [-0.05, 0) is 56.5 Å². The Hall–Kier alpha value is -1.63. The zero-order valence-corrected chi connectivity index (χ0v) is 11.3. The zero-order valence-electron chi connectivity index (χ0n) is 11.3. The van der Waals surface area contributed by atoms with Crippen molar-refractivity contribution in [3.05, 3.63) is 52.7 Å². The number of aromatic nitrogens is 1. The largest absolute Gasteiger partial charge is 0.212 e. The predicted molar refractivity (Wildman–Crippen MR) is 72.0 cm³/mol. The van der Waals surface area contributed by atoms with Crippen LogP contribution in [0.5, 0.6) is 0 Å². The topological polar surface area (TPSA) is 3.88 Å². The first-order chi connectivity index (χ1) is 8.00. The Morgan fingerprint density at radius 3 is 2.18 bits per heavy atom. The van der Waals surface area contributed by atoms with E-state index in [0.29, 0.717) is 0 Å². The van der Waals surface area contributed by atoms with Gasteiger partial charge in [0.15, 0.2) is 6.20 Å². The monoisotopic (exact) mass is 226 g/mol. The van der Waals surface area contributed by atoms with Crippen molar-refractivity contribution in [2.75, 3.05) is 0 Å². The molecule has 88 valence electrons. The van der Waals surface area contributed by atoms with Crippen molar-refractivity contribution >= 4 is 0 Å². The van der Waals surface area contributed by atoms with E-state index in [1.54, 1.807) is 0 Å². The Morgan fingerprint density at radius 2 is 1.53 bits per heavy atom. The van der Waals surface area contributed by atoms with Gasteiger partial charge in [0.1, 0.15) is 7.05 Å². The molecule has 1 aromatic heterocycles. The van der Waals surface area contributed by atoms with Gasteiger partial charge in [-0.25, -0.2) is 4.57 Å². The molecule has 0 unspecified atom stereocenters. The summed E-state index contributed by atoms with van der Waals surface area (Å²) in [6, 6.07) is 8.80. The Balaban J connectivity index is 2.65. The first kappa shape index (κ1) is 11.8. The van der Waals surface area contributed by atoms with Gasteiger partial charge in [0, 0.05) is 17.2 Å². The highest BCUT2D eigenvalue weighted by Gasteiger charge is 2.13. The van der Waals surface area contributed by atoms with Gasteiger partial charge in [-0.15, -0.1) is 0 Å². The van der Waals surface area contributed by atoms with Gasteiger partial charge in [0.05, 0.1) is 0 Å². The zero-order chi connectivity index (χ0) is 12.6. The predicted octanol–water partition coefficient (Wildman–Crippen LogP) is 3.41. The van der Waals surface area contributed by atoms with Crippen LogP contribution in [0.4, 0.5) is 0 Å². The van der Waals surface area contributed by atoms with E-state index in [9.17, 15) is 0 Å². The first-order valence-corrected chi connectivity index (χ1v) is 6.04. The van der Waals surface area contributed by atoms with Gasteiger partial charge < -0.3 is 0 Å². The van der Waals surface area contributed by atoms with Gasteiger partial charge >= 0.3 is 0 Å². The van der Waals surface area contributed by atoms with Crippen molar-refractivity contribution in [3.8, 4) is 11.3 Å². The van der Waals surface area contributed by atoms with Gasteiger partial charge in [0.25, 0.3) is 0 Å². The second-order valence-electron chi connectivity index (χ2n) is 4.88. The average Bonchev–Trinajstić information content (AvgIpc) is 2.28. The Bertz CT molecular complexity index is 568. The minimum Gasteiger partial charge on any atom is -0.201 e. The third-order valence-electron chi connectivity index (χ3n) is 3.62. The third-order valence-corrected chi connectivity index (χ3v) is 3.62. The highest BCUT2D eigenvalue weighted by atomic mass is 14.9. The molecule has 0 radical (unpaired) electrons. The normalized spacial score (nSPS) is 10.6. The maximum atomic E-state index is 2.22. The molecule has 0 bridgehead atoms. The van der Waals surface area contributed by atoms with Crippen LogP contribution in [0, 0.1) is 27.7 Å². The molecule has 0 saturated heterocycles. The first-order valence-electron chi connectivity index (χ1n) is 6.04. The summed E-state index contributed by atoms with van der Waals surface area (Å²) >= 11 is 0. The smallest absolute Gasteiger partial charge is 0.201 e. The highest BCUT2D eigenvalue weighted by Crippen LogP contribution is 2.25. The molecule has 2 aromatic rings. The van der Waals surface area contributed by atoms with Gasteiger partial charge in [0.2, 0.25) is 5.69 Å². The van der Waals surface area contributed by atoms with Crippen LogP contribution >= 0.6 is 0 Å². The van der Waals surface area contributed by atoms with E-state index >= 15 is 0 Å². The highest BCUT2D eigenvalue weighted by molar-refractivity contribution is 5.63. The molecular weight excluding hydrogens is 206 g/mol. The lowest BCUT2D eigenvalue weighted by Crippen LogP contribution is -2.31. The summed E-state index contributed by atoms with van der Waals surface area (Å²) in [4.78, 5) is 0. The SMILES string of the molecule is Cc1ccc(-c2ccc(C)c(C)c2C)[n+](C)c1. The fraction of sp³-hybridized carbons (Fsp3) is 0.312. The summed E-state index contributed by atoms with van der Waals surface area (Å²) in [6.07, 6.45) is 2.17. The lowest BCUT2D eigenvalue weighted by molar-refractivity contribution is -0.660. The van der Waals surface area contributed by atoms with Crippen molar-refractivity contribution in [3.63, 3.8) is 0 Å².